The summed E-state index contributed by atoms with van der Waals surface area (Å²) in [4.78, 5) is 2.45. The molecule has 3 heterocycles. The fraction of sp³-hybridized carbons (Fsp3) is 0.643. The first-order valence-electron chi connectivity index (χ1n) is 7.47. The van der Waals surface area contributed by atoms with E-state index in [9.17, 15) is 0 Å². The van der Waals surface area contributed by atoms with Crippen molar-refractivity contribution in [1.29, 1.82) is 0 Å². The van der Waals surface area contributed by atoms with Gasteiger partial charge in [0.2, 0.25) is 0 Å². The van der Waals surface area contributed by atoms with Crippen LogP contribution in [0.1, 0.15) is 30.1 Å². The lowest BCUT2D eigenvalue weighted by atomic mass is 10.1. The van der Waals surface area contributed by atoms with E-state index in [1.54, 1.807) is 0 Å². The van der Waals surface area contributed by atoms with Crippen LogP contribution in [-0.2, 0) is 13.2 Å². The summed E-state index contributed by atoms with van der Waals surface area (Å²) in [5.74, 6) is 0. The van der Waals surface area contributed by atoms with Crippen molar-refractivity contribution in [2.45, 2.75) is 39.0 Å². The average molecular weight is 290 g/mol. The van der Waals surface area contributed by atoms with Crippen molar-refractivity contribution in [3.8, 4) is 0 Å². The van der Waals surface area contributed by atoms with Gasteiger partial charge >= 0.3 is 0 Å². The van der Waals surface area contributed by atoms with Crippen LogP contribution in [0.15, 0.2) is 18.6 Å². The number of aliphatic hydroxyl groups excluding tert-OH is 1. The van der Waals surface area contributed by atoms with Crippen molar-refractivity contribution < 1.29 is 5.11 Å². The minimum Gasteiger partial charge on any atom is -0.390 e. The minimum absolute atomic E-state index is 0.0465. The molecule has 114 valence electrons. The summed E-state index contributed by atoms with van der Waals surface area (Å²) < 4.78 is 3.90. The number of hydrogen-bond acceptors (Lipinski definition) is 5. The Hall–Kier alpha value is -1.73. The van der Waals surface area contributed by atoms with Crippen LogP contribution in [0.5, 0.6) is 0 Å². The van der Waals surface area contributed by atoms with Gasteiger partial charge < -0.3 is 5.11 Å². The number of aromatic nitrogens is 5. The first-order valence-corrected chi connectivity index (χ1v) is 7.47. The highest BCUT2D eigenvalue weighted by atomic mass is 16.3. The molecule has 0 unspecified atom stereocenters. The van der Waals surface area contributed by atoms with E-state index in [0.717, 1.165) is 39.0 Å². The van der Waals surface area contributed by atoms with E-state index >= 15 is 0 Å². The lowest BCUT2D eigenvalue weighted by molar-refractivity contribution is 0.162. The zero-order valence-corrected chi connectivity index (χ0v) is 12.4. The number of rotatable bonds is 5. The fourth-order valence-electron chi connectivity index (χ4n) is 2.85. The van der Waals surface area contributed by atoms with Gasteiger partial charge in [-0.05, 0) is 31.9 Å². The fourth-order valence-corrected chi connectivity index (χ4v) is 2.85. The highest BCUT2D eigenvalue weighted by molar-refractivity contribution is 4.99. The Labute approximate surface area is 124 Å². The van der Waals surface area contributed by atoms with Gasteiger partial charge in [-0.25, -0.2) is 4.68 Å². The number of piperidine rings is 1. The SMILES string of the molecule is Cc1cnn(CCN2CCC[C@H](n3cc(CO)nn3)C2)c1. The molecule has 2 aromatic heterocycles. The average Bonchev–Trinajstić information content (AvgIpc) is 3.14. The molecule has 21 heavy (non-hydrogen) atoms. The number of likely N-dealkylation sites (tertiary alicyclic amines) is 1. The maximum absolute atomic E-state index is 9.08. The summed E-state index contributed by atoms with van der Waals surface area (Å²) in [5, 5.41) is 21.5. The van der Waals surface area contributed by atoms with Gasteiger partial charge in [0.15, 0.2) is 0 Å². The van der Waals surface area contributed by atoms with Gasteiger partial charge in [0.05, 0.1) is 31.6 Å². The molecule has 3 rings (SSSR count). The Morgan fingerprint density at radius 1 is 1.33 bits per heavy atom. The van der Waals surface area contributed by atoms with Crippen molar-refractivity contribution in [2.75, 3.05) is 19.6 Å². The van der Waals surface area contributed by atoms with E-state index in [1.807, 2.05) is 21.8 Å². The Morgan fingerprint density at radius 3 is 2.95 bits per heavy atom. The second kappa shape index (κ2) is 6.36. The van der Waals surface area contributed by atoms with Crippen molar-refractivity contribution >= 4 is 0 Å². The summed E-state index contributed by atoms with van der Waals surface area (Å²) in [7, 11) is 0. The first-order chi connectivity index (χ1) is 10.2. The van der Waals surface area contributed by atoms with Crippen LogP contribution in [0, 0.1) is 6.92 Å². The van der Waals surface area contributed by atoms with Crippen LogP contribution in [0.3, 0.4) is 0 Å². The van der Waals surface area contributed by atoms with E-state index in [0.29, 0.717) is 11.7 Å². The zero-order chi connectivity index (χ0) is 14.7. The molecule has 7 nitrogen and oxygen atoms in total. The van der Waals surface area contributed by atoms with Gasteiger partial charge in [-0.2, -0.15) is 5.10 Å². The van der Waals surface area contributed by atoms with Crippen LogP contribution < -0.4 is 0 Å². The molecule has 0 aromatic carbocycles. The first kappa shape index (κ1) is 14.2. The molecule has 7 heteroatoms. The Morgan fingerprint density at radius 2 is 2.24 bits per heavy atom. The second-order valence-corrected chi connectivity index (χ2v) is 5.73. The normalized spacial score (nSPS) is 20.0. The van der Waals surface area contributed by atoms with E-state index < -0.39 is 0 Å². The Balaban J connectivity index is 1.55. The molecule has 1 atom stereocenters. The predicted molar refractivity (Wildman–Crippen MR) is 77.6 cm³/mol. The molecule has 1 aliphatic rings. The number of hydrogen-bond donors (Lipinski definition) is 1. The van der Waals surface area contributed by atoms with E-state index in [2.05, 4.69) is 33.4 Å². The zero-order valence-electron chi connectivity index (χ0n) is 12.4. The molecule has 0 bridgehead atoms. The number of aryl methyl sites for hydroxylation is 1. The summed E-state index contributed by atoms with van der Waals surface area (Å²) >= 11 is 0. The molecular formula is C14H22N6O. The van der Waals surface area contributed by atoms with Gasteiger partial charge in [0.1, 0.15) is 5.69 Å². The molecule has 0 radical (unpaired) electrons. The van der Waals surface area contributed by atoms with Crippen molar-refractivity contribution in [3.05, 3.63) is 29.8 Å². The molecule has 1 aliphatic heterocycles. The molecule has 1 saturated heterocycles. The van der Waals surface area contributed by atoms with E-state index in [-0.39, 0.29) is 6.61 Å². The largest absolute Gasteiger partial charge is 0.390 e. The van der Waals surface area contributed by atoms with Crippen LogP contribution in [-0.4, -0.2) is 54.4 Å². The molecule has 1 N–H and O–H groups in total. The molecule has 0 spiro atoms. The molecule has 2 aromatic rings. The molecular weight excluding hydrogens is 268 g/mol. The second-order valence-electron chi connectivity index (χ2n) is 5.73. The highest BCUT2D eigenvalue weighted by Crippen LogP contribution is 2.20. The van der Waals surface area contributed by atoms with Crippen LogP contribution >= 0.6 is 0 Å². The Bertz CT molecular complexity index is 578. The summed E-state index contributed by atoms with van der Waals surface area (Å²) in [6, 6.07) is 0.353. The smallest absolute Gasteiger partial charge is 0.108 e. The van der Waals surface area contributed by atoms with Crippen molar-refractivity contribution in [1.82, 2.24) is 29.7 Å². The lowest BCUT2D eigenvalue weighted by Crippen LogP contribution is -2.38. The summed E-state index contributed by atoms with van der Waals surface area (Å²) in [6.45, 7) is 6.03. The standard InChI is InChI=1S/C14H22N6O/c1-12-7-15-19(8-12)6-5-18-4-2-3-14(10-18)20-9-13(11-21)16-17-20/h7-9,14,21H,2-6,10-11H2,1H3/t14-/m0/s1. The number of aliphatic hydroxyl groups is 1. The van der Waals surface area contributed by atoms with Gasteiger partial charge in [-0.3, -0.25) is 9.58 Å². The van der Waals surface area contributed by atoms with Crippen LogP contribution in [0.4, 0.5) is 0 Å². The topological polar surface area (TPSA) is 72.0 Å². The maximum Gasteiger partial charge on any atom is 0.108 e. The van der Waals surface area contributed by atoms with Crippen molar-refractivity contribution in [3.63, 3.8) is 0 Å². The summed E-state index contributed by atoms with van der Waals surface area (Å²) in [5.41, 5.74) is 1.84. The van der Waals surface area contributed by atoms with Gasteiger partial charge in [0, 0.05) is 19.3 Å². The van der Waals surface area contributed by atoms with E-state index in [4.69, 9.17) is 5.11 Å². The Kier molecular flexibility index (Phi) is 4.31. The van der Waals surface area contributed by atoms with Gasteiger partial charge in [-0.1, -0.05) is 5.21 Å². The highest BCUT2D eigenvalue weighted by Gasteiger charge is 2.22. The van der Waals surface area contributed by atoms with E-state index in [1.165, 1.54) is 5.56 Å². The van der Waals surface area contributed by atoms with Gasteiger partial charge in [-0.15, -0.1) is 5.10 Å². The third-order valence-electron chi connectivity index (χ3n) is 3.98. The lowest BCUT2D eigenvalue weighted by Gasteiger charge is -2.32. The van der Waals surface area contributed by atoms with Crippen LogP contribution in [0.25, 0.3) is 0 Å². The predicted octanol–water partition coefficient (Wildman–Crippen LogP) is 0.612. The van der Waals surface area contributed by atoms with Gasteiger partial charge in [0.25, 0.3) is 0 Å². The van der Waals surface area contributed by atoms with Crippen molar-refractivity contribution in [2.24, 2.45) is 0 Å². The molecule has 0 saturated carbocycles. The summed E-state index contributed by atoms with van der Waals surface area (Å²) in [6.07, 6.45) is 8.10. The maximum atomic E-state index is 9.08. The molecule has 0 aliphatic carbocycles. The molecule has 0 amide bonds. The quantitative estimate of drug-likeness (QED) is 0.873. The minimum atomic E-state index is -0.0465. The third kappa shape index (κ3) is 3.48. The molecule has 1 fully saturated rings. The van der Waals surface area contributed by atoms with Crippen LogP contribution in [0.2, 0.25) is 0 Å². The number of nitrogens with zero attached hydrogens (tertiary/aromatic N) is 6. The monoisotopic (exact) mass is 290 g/mol. The third-order valence-corrected chi connectivity index (χ3v) is 3.98.